The highest BCUT2D eigenvalue weighted by atomic mass is 16.5. The number of hydrogen-bond acceptors (Lipinski definition) is 3. The summed E-state index contributed by atoms with van der Waals surface area (Å²) in [6.07, 6.45) is 9.46. The first-order valence-electron chi connectivity index (χ1n) is 4.81. The molecule has 1 aromatic rings. The van der Waals surface area contributed by atoms with Gasteiger partial charge in [-0.1, -0.05) is 13.0 Å². The number of nitrogens with one attached hydrogen (secondary N) is 1. The fourth-order valence-corrected chi connectivity index (χ4v) is 1.03. The Balaban J connectivity index is 2.78. The molecule has 0 radical (unpaired) electrons. The van der Waals surface area contributed by atoms with E-state index in [2.05, 4.69) is 9.97 Å². The average Bonchev–Trinajstić information content (AvgIpc) is 2.22. The smallest absolute Gasteiger partial charge is 0.345 e. The summed E-state index contributed by atoms with van der Waals surface area (Å²) in [5.74, 6) is 1.27. The molecule has 0 spiro atoms. The first-order valence-corrected chi connectivity index (χ1v) is 4.81. The molecule has 1 N–H and O–H groups in total. The van der Waals surface area contributed by atoms with Crippen LogP contribution in [0.1, 0.15) is 20.3 Å². The summed E-state index contributed by atoms with van der Waals surface area (Å²) in [4.78, 5) is 16.7. The van der Waals surface area contributed by atoms with Gasteiger partial charge in [0, 0.05) is 0 Å². The van der Waals surface area contributed by atoms with Crippen LogP contribution < -0.4 is 10.4 Å². The Hall–Kier alpha value is -1.84. The van der Waals surface area contributed by atoms with Crippen LogP contribution in [0.5, 0.6) is 5.75 Å². The molecule has 4 nitrogen and oxygen atoms in total. The van der Waals surface area contributed by atoms with Crippen LogP contribution in [0.15, 0.2) is 41.2 Å². The van der Waals surface area contributed by atoms with E-state index >= 15 is 0 Å². The van der Waals surface area contributed by atoms with Gasteiger partial charge in [0.15, 0.2) is 5.75 Å². The van der Waals surface area contributed by atoms with Gasteiger partial charge in [0.1, 0.15) is 5.76 Å². The predicted molar refractivity (Wildman–Crippen MR) is 58.7 cm³/mol. The Morgan fingerprint density at radius 2 is 2.47 bits per heavy atom. The number of aromatic nitrogens is 2. The third-order valence-electron chi connectivity index (χ3n) is 1.62. The van der Waals surface area contributed by atoms with Crippen molar-refractivity contribution in [2.45, 2.75) is 20.3 Å². The van der Waals surface area contributed by atoms with Gasteiger partial charge in [0.2, 0.25) is 0 Å². The van der Waals surface area contributed by atoms with E-state index < -0.39 is 0 Å². The molecule has 15 heavy (non-hydrogen) atoms. The zero-order valence-corrected chi connectivity index (χ0v) is 8.86. The van der Waals surface area contributed by atoms with Crippen molar-refractivity contribution in [1.82, 2.24) is 9.97 Å². The molecule has 0 bridgehead atoms. The minimum absolute atomic E-state index is 0.380. The number of nitrogens with zero attached hydrogens (tertiary/aromatic N) is 1. The van der Waals surface area contributed by atoms with E-state index in [0.717, 1.165) is 12.2 Å². The Morgan fingerprint density at radius 3 is 3.00 bits per heavy atom. The van der Waals surface area contributed by atoms with Crippen molar-refractivity contribution < 1.29 is 4.74 Å². The fraction of sp³-hybridized carbons (Fsp3) is 0.273. The highest BCUT2D eigenvalue weighted by Crippen LogP contribution is 2.10. The zero-order valence-electron chi connectivity index (χ0n) is 8.86. The molecule has 0 amide bonds. The molecule has 80 valence electrons. The zero-order chi connectivity index (χ0) is 11.1. The molecular formula is C11H14N2O2. The quantitative estimate of drug-likeness (QED) is 0.605. The number of hydrogen-bond donors (Lipinski definition) is 1. The van der Waals surface area contributed by atoms with Crippen LogP contribution in [0.2, 0.25) is 0 Å². The van der Waals surface area contributed by atoms with Crippen LogP contribution in [0.25, 0.3) is 0 Å². The van der Waals surface area contributed by atoms with Crippen molar-refractivity contribution >= 4 is 0 Å². The molecule has 1 heterocycles. The predicted octanol–water partition coefficient (Wildman–Crippen LogP) is 2.02. The van der Waals surface area contributed by atoms with Gasteiger partial charge in [-0.25, -0.2) is 4.79 Å². The number of allylic oxidation sites excluding steroid dienone is 3. The maximum atomic E-state index is 10.7. The van der Waals surface area contributed by atoms with Gasteiger partial charge in [-0.3, -0.25) is 0 Å². The summed E-state index contributed by atoms with van der Waals surface area (Å²) < 4.78 is 5.49. The van der Waals surface area contributed by atoms with E-state index in [1.165, 1.54) is 12.4 Å². The van der Waals surface area contributed by atoms with Crippen molar-refractivity contribution in [2.24, 2.45) is 0 Å². The lowest BCUT2D eigenvalue weighted by atomic mass is 10.3. The third kappa shape index (κ3) is 3.81. The van der Waals surface area contributed by atoms with Gasteiger partial charge in [0.05, 0.1) is 12.4 Å². The Kier molecular flexibility index (Phi) is 4.34. The van der Waals surface area contributed by atoms with E-state index in [1.807, 2.05) is 32.1 Å². The Morgan fingerprint density at radius 1 is 1.67 bits per heavy atom. The number of H-pyrrole nitrogens is 1. The third-order valence-corrected chi connectivity index (χ3v) is 1.62. The highest BCUT2D eigenvalue weighted by molar-refractivity contribution is 5.20. The minimum atomic E-state index is -0.380. The van der Waals surface area contributed by atoms with E-state index in [4.69, 9.17) is 4.74 Å². The average molecular weight is 206 g/mol. The molecule has 0 aromatic carbocycles. The second kappa shape index (κ2) is 5.80. The molecule has 0 unspecified atom stereocenters. The molecule has 0 aliphatic rings. The van der Waals surface area contributed by atoms with Crippen molar-refractivity contribution in [2.75, 3.05) is 0 Å². The monoisotopic (exact) mass is 206 g/mol. The molecule has 0 atom stereocenters. The van der Waals surface area contributed by atoms with Gasteiger partial charge in [0.25, 0.3) is 0 Å². The van der Waals surface area contributed by atoms with Crippen LogP contribution in [0.4, 0.5) is 0 Å². The maximum absolute atomic E-state index is 10.7. The Labute approximate surface area is 88.3 Å². The minimum Gasteiger partial charge on any atom is -0.455 e. The summed E-state index contributed by atoms with van der Waals surface area (Å²) in [7, 11) is 0. The molecule has 0 aliphatic heterocycles. The number of aromatic amines is 1. The normalized spacial score (nSPS) is 12.0. The molecule has 4 heteroatoms. The first kappa shape index (κ1) is 11.2. The van der Waals surface area contributed by atoms with Crippen LogP contribution in [-0.2, 0) is 0 Å². The molecule has 0 saturated heterocycles. The first-order chi connectivity index (χ1) is 7.26. The second-order valence-electron chi connectivity index (χ2n) is 2.87. The molecule has 0 saturated carbocycles. The van der Waals surface area contributed by atoms with E-state index in [0.29, 0.717) is 5.75 Å². The van der Waals surface area contributed by atoms with Crippen molar-refractivity contribution in [1.29, 1.82) is 0 Å². The highest BCUT2D eigenvalue weighted by Gasteiger charge is 1.96. The van der Waals surface area contributed by atoms with Gasteiger partial charge >= 0.3 is 5.69 Å². The molecular weight excluding hydrogens is 192 g/mol. The summed E-state index contributed by atoms with van der Waals surface area (Å²) >= 11 is 0. The molecule has 0 aliphatic carbocycles. The summed E-state index contributed by atoms with van der Waals surface area (Å²) in [5, 5.41) is 0. The van der Waals surface area contributed by atoms with E-state index in [9.17, 15) is 4.79 Å². The van der Waals surface area contributed by atoms with Crippen LogP contribution in [0, 0.1) is 0 Å². The Bertz CT molecular complexity index is 398. The van der Waals surface area contributed by atoms with Crippen molar-refractivity contribution in [3.63, 3.8) is 0 Å². The van der Waals surface area contributed by atoms with E-state index in [1.54, 1.807) is 0 Å². The van der Waals surface area contributed by atoms with Gasteiger partial charge < -0.3 is 9.72 Å². The summed E-state index contributed by atoms with van der Waals surface area (Å²) in [5.41, 5.74) is -0.380. The summed E-state index contributed by atoms with van der Waals surface area (Å²) in [6, 6.07) is 0. The SMILES string of the molecule is C/C=C\C(=C/CC)Oc1cnc(=O)[nH]c1. The fourth-order valence-electron chi connectivity index (χ4n) is 1.03. The molecule has 0 fully saturated rings. The van der Waals surface area contributed by atoms with Crippen LogP contribution in [-0.4, -0.2) is 9.97 Å². The van der Waals surface area contributed by atoms with E-state index in [-0.39, 0.29) is 5.69 Å². The van der Waals surface area contributed by atoms with Crippen molar-refractivity contribution in [3.8, 4) is 5.75 Å². The lowest BCUT2D eigenvalue weighted by Crippen LogP contribution is -2.08. The van der Waals surface area contributed by atoms with Crippen LogP contribution >= 0.6 is 0 Å². The van der Waals surface area contributed by atoms with Crippen molar-refractivity contribution in [3.05, 3.63) is 46.9 Å². The van der Waals surface area contributed by atoms with Gasteiger partial charge in [-0.05, 0) is 25.5 Å². The number of ether oxygens (including phenoxy) is 1. The largest absolute Gasteiger partial charge is 0.455 e. The number of rotatable bonds is 4. The molecule has 1 aromatic heterocycles. The lowest BCUT2D eigenvalue weighted by molar-refractivity contribution is 0.437. The topological polar surface area (TPSA) is 55.0 Å². The maximum Gasteiger partial charge on any atom is 0.345 e. The lowest BCUT2D eigenvalue weighted by Gasteiger charge is -2.04. The van der Waals surface area contributed by atoms with Gasteiger partial charge in [-0.2, -0.15) is 4.98 Å². The molecule has 1 rings (SSSR count). The second-order valence-corrected chi connectivity index (χ2v) is 2.87. The standard InChI is InChI=1S/C11H14N2O2/c1-3-5-9(6-4-2)15-10-7-12-11(14)13-8-10/h3,5-8H,4H2,1-2H3,(H,12,13,14)/b5-3-,9-6+. The van der Waals surface area contributed by atoms with Crippen LogP contribution in [0.3, 0.4) is 0 Å². The summed E-state index contributed by atoms with van der Waals surface area (Å²) in [6.45, 7) is 3.94. The van der Waals surface area contributed by atoms with Gasteiger partial charge in [-0.15, -0.1) is 0 Å².